The van der Waals surface area contributed by atoms with E-state index in [9.17, 15) is 0 Å². The van der Waals surface area contributed by atoms with E-state index in [1.165, 1.54) is 43.0 Å². The maximum atomic E-state index is 4.89. The van der Waals surface area contributed by atoms with E-state index in [1.54, 1.807) is 0 Å². The van der Waals surface area contributed by atoms with Gasteiger partial charge in [0.15, 0.2) is 5.17 Å². The van der Waals surface area contributed by atoms with Crippen LogP contribution in [0.4, 0.5) is 0 Å². The van der Waals surface area contributed by atoms with Crippen LogP contribution in [0, 0.1) is 0 Å². The molecule has 1 aliphatic heterocycles. The van der Waals surface area contributed by atoms with Gasteiger partial charge < -0.3 is 5.32 Å². The number of thioether (sulfide) groups is 1. The monoisotopic (exact) mass is 226 g/mol. The minimum atomic E-state index is 0.229. The maximum Gasteiger partial charge on any atom is 0.157 e. The Morgan fingerprint density at radius 2 is 2.00 bits per heavy atom. The molecule has 0 aromatic heterocycles. The SMILES string of the molecule is CCC1(CC)CSC(NC2(C)CCC2)=N1. The molecule has 1 aliphatic carbocycles. The normalized spacial score (nSPS) is 27.0. The third-order valence-corrected chi connectivity index (χ3v) is 5.15. The summed E-state index contributed by atoms with van der Waals surface area (Å²) in [4.78, 5) is 4.89. The number of nitrogens with one attached hydrogen (secondary N) is 1. The Labute approximate surface area is 97.3 Å². The van der Waals surface area contributed by atoms with Gasteiger partial charge in [0.05, 0.1) is 5.54 Å². The predicted octanol–water partition coefficient (Wildman–Crippen LogP) is 3.18. The number of amidine groups is 1. The third-order valence-electron chi connectivity index (χ3n) is 4.00. The molecule has 1 saturated carbocycles. The second-order valence-corrected chi connectivity index (χ2v) is 6.14. The molecular formula is C12H22N2S. The van der Waals surface area contributed by atoms with Crippen LogP contribution in [0.2, 0.25) is 0 Å². The highest BCUT2D eigenvalue weighted by atomic mass is 32.2. The minimum Gasteiger partial charge on any atom is -0.360 e. The Kier molecular flexibility index (Phi) is 3.02. The lowest BCUT2D eigenvalue weighted by molar-refractivity contribution is 0.245. The number of hydrogen-bond donors (Lipinski definition) is 1. The summed E-state index contributed by atoms with van der Waals surface area (Å²) in [5.41, 5.74) is 0.580. The lowest BCUT2D eigenvalue weighted by atomic mass is 9.79. The standard InChI is InChI=1S/C12H22N2S/c1-4-12(5-2)9-15-10(14-12)13-11(3)7-6-8-11/h4-9H2,1-3H3,(H,13,14). The lowest BCUT2D eigenvalue weighted by Crippen LogP contribution is -2.49. The van der Waals surface area contributed by atoms with E-state index in [4.69, 9.17) is 4.99 Å². The van der Waals surface area contributed by atoms with Crippen LogP contribution in [0.3, 0.4) is 0 Å². The molecule has 3 heteroatoms. The lowest BCUT2D eigenvalue weighted by Gasteiger charge is -2.39. The predicted molar refractivity (Wildman–Crippen MR) is 68.6 cm³/mol. The van der Waals surface area contributed by atoms with Crippen molar-refractivity contribution in [2.75, 3.05) is 5.75 Å². The highest BCUT2D eigenvalue weighted by Crippen LogP contribution is 2.36. The van der Waals surface area contributed by atoms with Crippen molar-refractivity contribution < 1.29 is 0 Å². The summed E-state index contributed by atoms with van der Waals surface area (Å²) < 4.78 is 0. The molecule has 0 amide bonds. The Balaban J connectivity index is 1.99. The highest BCUT2D eigenvalue weighted by molar-refractivity contribution is 8.14. The van der Waals surface area contributed by atoms with Gasteiger partial charge in [-0.3, -0.25) is 4.99 Å². The molecule has 2 aliphatic rings. The largest absolute Gasteiger partial charge is 0.360 e. The Hall–Kier alpha value is -0.180. The molecule has 0 unspecified atom stereocenters. The van der Waals surface area contributed by atoms with E-state index in [-0.39, 0.29) is 5.54 Å². The zero-order valence-electron chi connectivity index (χ0n) is 10.1. The first-order chi connectivity index (χ1) is 7.11. The van der Waals surface area contributed by atoms with Crippen LogP contribution in [0.25, 0.3) is 0 Å². The van der Waals surface area contributed by atoms with Gasteiger partial charge in [-0.1, -0.05) is 25.6 Å². The van der Waals surface area contributed by atoms with Crippen LogP contribution >= 0.6 is 11.8 Å². The summed E-state index contributed by atoms with van der Waals surface area (Å²) in [5, 5.41) is 4.82. The zero-order valence-corrected chi connectivity index (χ0v) is 10.9. The molecule has 2 nitrogen and oxygen atoms in total. The number of rotatable bonds is 3. The quantitative estimate of drug-likeness (QED) is 0.799. The fraction of sp³-hybridized carbons (Fsp3) is 0.917. The van der Waals surface area contributed by atoms with Gasteiger partial charge in [-0.2, -0.15) is 0 Å². The molecule has 0 aromatic carbocycles. The summed E-state index contributed by atoms with van der Waals surface area (Å²) in [6.45, 7) is 6.82. The van der Waals surface area contributed by atoms with Crippen LogP contribution < -0.4 is 5.32 Å². The topological polar surface area (TPSA) is 24.4 Å². The first-order valence-corrected chi connectivity index (χ1v) is 7.11. The molecule has 0 aromatic rings. The van der Waals surface area contributed by atoms with Crippen molar-refractivity contribution in [3.8, 4) is 0 Å². The van der Waals surface area contributed by atoms with Crippen molar-refractivity contribution in [1.82, 2.24) is 5.32 Å². The van der Waals surface area contributed by atoms with Crippen LogP contribution in [0.1, 0.15) is 52.9 Å². The van der Waals surface area contributed by atoms with Crippen molar-refractivity contribution in [2.45, 2.75) is 64.0 Å². The molecule has 1 heterocycles. The van der Waals surface area contributed by atoms with E-state index in [1.807, 2.05) is 11.8 Å². The molecule has 0 bridgehead atoms. The molecule has 0 saturated heterocycles. The van der Waals surface area contributed by atoms with Gasteiger partial charge in [-0.25, -0.2) is 0 Å². The van der Waals surface area contributed by atoms with E-state index in [2.05, 4.69) is 26.1 Å². The molecular weight excluding hydrogens is 204 g/mol. The summed E-state index contributed by atoms with van der Waals surface area (Å²) >= 11 is 1.91. The van der Waals surface area contributed by atoms with Gasteiger partial charge in [0, 0.05) is 11.3 Å². The number of hydrogen-bond acceptors (Lipinski definition) is 3. The second kappa shape index (κ2) is 4.00. The zero-order chi connectivity index (χ0) is 10.9. The molecule has 1 fully saturated rings. The van der Waals surface area contributed by atoms with Crippen LogP contribution in [0.15, 0.2) is 4.99 Å². The average Bonchev–Trinajstić information content (AvgIpc) is 2.60. The van der Waals surface area contributed by atoms with Crippen LogP contribution in [-0.2, 0) is 0 Å². The number of nitrogens with zero attached hydrogens (tertiary/aromatic N) is 1. The van der Waals surface area contributed by atoms with Gasteiger partial charge in [-0.05, 0) is 39.0 Å². The van der Waals surface area contributed by atoms with Crippen molar-refractivity contribution in [1.29, 1.82) is 0 Å². The van der Waals surface area contributed by atoms with E-state index >= 15 is 0 Å². The van der Waals surface area contributed by atoms with E-state index < -0.39 is 0 Å². The second-order valence-electron chi connectivity index (χ2n) is 5.18. The molecule has 0 atom stereocenters. The first kappa shape index (κ1) is 11.3. The first-order valence-electron chi connectivity index (χ1n) is 6.12. The van der Waals surface area contributed by atoms with Crippen molar-refractivity contribution >= 4 is 16.9 Å². The molecule has 2 rings (SSSR count). The van der Waals surface area contributed by atoms with Gasteiger partial charge in [0.2, 0.25) is 0 Å². The van der Waals surface area contributed by atoms with Crippen molar-refractivity contribution in [2.24, 2.45) is 4.99 Å². The van der Waals surface area contributed by atoms with Crippen LogP contribution in [-0.4, -0.2) is 22.0 Å². The molecule has 15 heavy (non-hydrogen) atoms. The average molecular weight is 226 g/mol. The Bertz CT molecular complexity index is 265. The summed E-state index contributed by atoms with van der Waals surface area (Å²) in [6, 6.07) is 0. The van der Waals surface area contributed by atoms with E-state index in [0.717, 1.165) is 0 Å². The fourth-order valence-electron chi connectivity index (χ4n) is 2.25. The van der Waals surface area contributed by atoms with Gasteiger partial charge in [-0.15, -0.1) is 0 Å². The van der Waals surface area contributed by atoms with Crippen molar-refractivity contribution in [3.63, 3.8) is 0 Å². The minimum absolute atomic E-state index is 0.229. The molecule has 1 N–H and O–H groups in total. The highest BCUT2D eigenvalue weighted by Gasteiger charge is 2.37. The molecule has 0 radical (unpaired) electrons. The van der Waals surface area contributed by atoms with Gasteiger partial charge >= 0.3 is 0 Å². The smallest absolute Gasteiger partial charge is 0.157 e. The van der Waals surface area contributed by atoms with E-state index in [0.29, 0.717) is 5.54 Å². The van der Waals surface area contributed by atoms with Gasteiger partial charge in [0.25, 0.3) is 0 Å². The number of aliphatic imine (C=N–C) groups is 1. The van der Waals surface area contributed by atoms with Crippen molar-refractivity contribution in [3.05, 3.63) is 0 Å². The third kappa shape index (κ3) is 2.17. The summed E-state index contributed by atoms with van der Waals surface area (Å²) in [7, 11) is 0. The molecule has 86 valence electrons. The summed E-state index contributed by atoms with van der Waals surface area (Å²) in [6.07, 6.45) is 6.31. The maximum absolute atomic E-state index is 4.89. The molecule has 0 spiro atoms. The Morgan fingerprint density at radius 3 is 2.40 bits per heavy atom. The van der Waals surface area contributed by atoms with Crippen LogP contribution in [0.5, 0.6) is 0 Å². The fourth-order valence-corrected chi connectivity index (χ4v) is 3.70. The van der Waals surface area contributed by atoms with Gasteiger partial charge in [0.1, 0.15) is 0 Å². The summed E-state index contributed by atoms with van der Waals surface area (Å²) in [5.74, 6) is 1.17. The Morgan fingerprint density at radius 1 is 1.33 bits per heavy atom.